The third-order valence-corrected chi connectivity index (χ3v) is 5.01. The molecule has 0 aliphatic carbocycles. The molecule has 8 heteroatoms. The number of ether oxygens (including phenoxy) is 3. The highest BCUT2D eigenvalue weighted by Gasteiger charge is 2.10. The molecule has 3 aromatic carbocycles. The lowest BCUT2D eigenvalue weighted by Gasteiger charge is -2.11. The fraction of sp³-hybridized carbons (Fsp3) is 0.115. The standard InChI is InChI=1S/C26H22FN3O4/c1-32-22-12-7-19(23(15-22)33-2)16-29-26(31)18-5-10-21(11-6-18)34-24-13-14-28-25(30-24)17-3-8-20(27)9-4-17/h3-15H,16H2,1-2H3,(H,29,31). The molecular formula is C26H22FN3O4. The summed E-state index contributed by atoms with van der Waals surface area (Å²) in [6.07, 6.45) is 1.57. The first-order valence-electron chi connectivity index (χ1n) is 10.4. The number of methoxy groups -OCH3 is 2. The zero-order valence-corrected chi connectivity index (χ0v) is 18.6. The summed E-state index contributed by atoms with van der Waals surface area (Å²) in [5, 5.41) is 2.88. The number of rotatable bonds is 8. The van der Waals surface area contributed by atoms with E-state index in [2.05, 4.69) is 15.3 Å². The molecule has 1 aromatic heterocycles. The van der Waals surface area contributed by atoms with Gasteiger partial charge in [0.25, 0.3) is 5.91 Å². The van der Waals surface area contributed by atoms with Crippen LogP contribution in [0.1, 0.15) is 15.9 Å². The zero-order valence-electron chi connectivity index (χ0n) is 18.6. The van der Waals surface area contributed by atoms with E-state index in [1.807, 2.05) is 12.1 Å². The van der Waals surface area contributed by atoms with E-state index in [9.17, 15) is 9.18 Å². The quantitative estimate of drug-likeness (QED) is 0.398. The minimum absolute atomic E-state index is 0.231. The average Bonchev–Trinajstić information content (AvgIpc) is 2.88. The molecular weight excluding hydrogens is 437 g/mol. The predicted molar refractivity (Wildman–Crippen MR) is 125 cm³/mol. The van der Waals surface area contributed by atoms with Crippen LogP contribution >= 0.6 is 0 Å². The van der Waals surface area contributed by atoms with E-state index in [-0.39, 0.29) is 11.7 Å². The number of hydrogen-bond acceptors (Lipinski definition) is 6. The first-order chi connectivity index (χ1) is 16.6. The molecule has 0 bridgehead atoms. The summed E-state index contributed by atoms with van der Waals surface area (Å²) >= 11 is 0. The molecule has 0 spiro atoms. The SMILES string of the molecule is COc1ccc(CNC(=O)c2ccc(Oc3ccnc(-c4ccc(F)cc4)n3)cc2)c(OC)c1. The summed E-state index contributed by atoms with van der Waals surface area (Å²) in [7, 11) is 3.15. The summed E-state index contributed by atoms with van der Waals surface area (Å²) in [5.41, 5.74) is 1.99. The van der Waals surface area contributed by atoms with Crippen LogP contribution in [0.4, 0.5) is 4.39 Å². The molecule has 7 nitrogen and oxygen atoms in total. The summed E-state index contributed by atoms with van der Waals surface area (Å²) < 4.78 is 29.5. The van der Waals surface area contributed by atoms with E-state index in [0.29, 0.717) is 46.6 Å². The number of hydrogen-bond donors (Lipinski definition) is 1. The molecule has 1 heterocycles. The van der Waals surface area contributed by atoms with Gasteiger partial charge in [-0.25, -0.2) is 9.37 Å². The molecule has 4 aromatic rings. The molecule has 0 aliphatic rings. The van der Waals surface area contributed by atoms with Gasteiger partial charge in [-0.1, -0.05) is 0 Å². The first kappa shape index (κ1) is 22.7. The number of carbonyl (C=O) groups is 1. The monoisotopic (exact) mass is 459 g/mol. The smallest absolute Gasteiger partial charge is 0.251 e. The molecule has 0 atom stereocenters. The zero-order chi connectivity index (χ0) is 23.9. The van der Waals surface area contributed by atoms with Crippen LogP contribution in [-0.2, 0) is 6.54 Å². The maximum Gasteiger partial charge on any atom is 0.251 e. The Bertz CT molecular complexity index is 1280. The lowest BCUT2D eigenvalue weighted by atomic mass is 10.1. The Hall–Kier alpha value is -4.46. The maximum atomic E-state index is 13.2. The molecule has 0 unspecified atom stereocenters. The number of halogens is 1. The maximum absolute atomic E-state index is 13.2. The second kappa shape index (κ2) is 10.4. The number of nitrogens with zero attached hydrogens (tertiary/aromatic N) is 2. The lowest BCUT2D eigenvalue weighted by Crippen LogP contribution is -2.23. The molecule has 1 amide bonds. The van der Waals surface area contributed by atoms with Gasteiger partial charge >= 0.3 is 0 Å². The van der Waals surface area contributed by atoms with E-state index in [0.717, 1.165) is 5.56 Å². The summed E-state index contributed by atoms with van der Waals surface area (Å²) in [5.74, 6) is 2.01. The molecule has 1 N–H and O–H groups in total. The Balaban J connectivity index is 1.39. The van der Waals surface area contributed by atoms with Crippen molar-refractivity contribution >= 4 is 5.91 Å². The molecule has 0 saturated heterocycles. The van der Waals surface area contributed by atoms with Crippen molar-refractivity contribution in [1.82, 2.24) is 15.3 Å². The van der Waals surface area contributed by atoms with Gasteiger partial charge in [0.1, 0.15) is 23.1 Å². The van der Waals surface area contributed by atoms with Crippen molar-refractivity contribution in [2.45, 2.75) is 6.54 Å². The molecule has 0 fully saturated rings. The van der Waals surface area contributed by atoms with E-state index in [1.165, 1.54) is 12.1 Å². The summed E-state index contributed by atoms with van der Waals surface area (Å²) in [6, 6.07) is 19.6. The highest BCUT2D eigenvalue weighted by Crippen LogP contribution is 2.25. The van der Waals surface area contributed by atoms with Crippen molar-refractivity contribution in [1.29, 1.82) is 0 Å². The highest BCUT2D eigenvalue weighted by atomic mass is 19.1. The Kier molecular flexibility index (Phi) is 6.98. The van der Waals surface area contributed by atoms with E-state index in [4.69, 9.17) is 14.2 Å². The average molecular weight is 459 g/mol. The first-order valence-corrected chi connectivity index (χ1v) is 10.4. The van der Waals surface area contributed by atoms with Gasteiger partial charge in [-0.05, 0) is 60.7 Å². The van der Waals surface area contributed by atoms with E-state index >= 15 is 0 Å². The van der Waals surface area contributed by atoms with Crippen molar-refractivity contribution < 1.29 is 23.4 Å². The Morgan fingerprint density at radius 2 is 1.65 bits per heavy atom. The van der Waals surface area contributed by atoms with Gasteiger partial charge < -0.3 is 19.5 Å². The van der Waals surface area contributed by atoms with E-state index in [1.54, 1.807) is 68.9 Å². The van der Waals surface area contributed by atoms with Crippen LogP contribution in [-0.4, -0.2) is 30.1 Å². The minimum Gasteiger partial charge on any atom is -0.497 e. The van der Waals surface area contributed by atoms with Crippen LogP contribution < -0.4 is 19.5 Å². The third-order valence-electron chi connectivity index (χ3n) is 5.01. The van der Waals surface area contributed by atoms with Crippen LogP contribution in [0.5, 0.6) is 23.1 Å². The Morgan fingerprint density at radius 1 is 0.912 bits per heavy atom. The van der Waals surface area contributed by atoms with E-state index < -0.39 is 0 Å². The largest absolute Gasteiger partial charge is 0.497 e. The normalized spacial score (nSPS) is 10.4. The van der Waals surface area contributed by atoms with Crippen LogP contribution in [0.25, 0.3) is 11.4 Å². The Morgan fingerprint density at radius 3 is 2.35 bits per heavy atom. The van der Waals surface area contributed by atoms with Crippen LogP contribution in [0, 0.1) is 5.82 Å². The lowest BCUT2D eigenvalue weighted by molar-refractivity contribution is 0.0950. The van der Waals surface area contributed by atoms with Crippen molar-refractivity contribution in [2.75, 3.05) is 14.2 Å². The molecule has 34 heavy (non-hydrogen) atoms. The van der Waals surface area contributed by atoms with Crippen molar-refractivity contribution in [3.8, 4) is 34.5 Å². The minimum atomic E-state index is -0.330. The number of benzene rings is 3. The van der Waals surface area contributed by atoms with Gasteiger partial charge in [0.2, 0.25) is 5.88 Å². The number of aromatic nitrogens is 2. The highest BCUT2D eigenvalue weighted by molar-refractivity contribution is 5.94. The molecule has 172 valence electrons. The van der Waals surface area contributed by atoms with Crippen molar-refractivity contribution in [3.63, 3.8) is 0 Å². The number of carbonyl (C=O) groups excluding carboxylic acids is 1. The van der Waals surface area contributed by atoms with Gasteiger partial charge in [0, 0.05) is 41.6 Å². The molecule has 0 aliphatic heterocycles. The predicted octanol–water partition coefficient (Wildman–Crippen LogP) is 5.02. The van der Waals surface area contributed by atoms with Crippen LogP contribution in [0.15, 0.2) is 79.0 Å². The second-order valence-corrected chi connectivity index (χ2v) is 7.21. The van der Waals surface area contributed by atoms with Gasteiger partial charge in [-0.3, -0.25) is 4.79 Å². The topological polar surface area (TPSA) is 82.6 Å². The van der Waals surface area contributed by atoms with Crippen LogP contribution in [0.2, 0.25) is 0 Å². The second-order valence-electron chi connectivity index (χ2n) is 7.21. The number of amides is 1. The fourth-order valence-corrected chi connectivity index (χ4v) is 3.21. The summed E-state index contributed by atoms with van der Waals surface area (Å²) in [6.45, 7) is 0.303. The van der Waals surface area contributed by atoms with Gasteiger partial charge in [-0.2, -0.15) is 4.98 Å². The molecule has 0 saturated carbocycles. The van der Waals surface area contributed by atoms with Crippen molar-refractivity contribution in [2.24, 2.45) is 0 Å². The van der Waals surface area contributed by atoms with Gasteiger partial charge in [-0.15, -0.1) is 0 Å². The van der Waals surface area contributed by atoms with Gasteiger partial charge in [0.15, 0.2) is 5.82 Å². The molecule has 0 radical (unpaired) electrons. The number of nitrogens with one attached hydrogen (secondary N) is 1. The third kappa shape index (κ3) is 5.47. The van der Waals surface area contributed by atoms with Gasteiger partial charge in [0.05, 0.1) is 14.2 Å². The van der Waals surface area contributed by atoms with Crippen molar-refractivity contribution in [3.05, 3.63) is 95.9 Å². The fourth-order valence-electron chi connectivity index (χ4n) is 3.21. The molecule has 4 rings (SSSR count). The Labute approximate surface area is 196 Å². The van der Waals surface area contributed by atoms with Crippen LogP contribution in [0.3, 0.4) is 0 Å². The summed E-state index contributed by atoms with van der Waals surface area (Å²) in [4.78, 5) is 21.1.